The molecule has 0 aromatic rings. The van der Waals surface area contributed by atoms with Gasteiger partial charge in [-0.25, -0.2) is 0 Å². The molecule has 0 radical (unpaired) electrons. The molecule has 0 aromatic heterocycles. The van der Waals surface area contributed by atoms with Gasteiger partial charge in [0.15, 0.2) is 0 Å². The minimum absolute atomic E-state index is 0.181. The molecule has 1 heterocycles. The number of carbonyl (C=O) groups excluding carboxylic acids is 1. The highest BCUT2D eigenvalue weighted by atomic mass is 32.0. The summed E-state index contributed by atoms with van der Waals surface area (Å²) in [5.74, 6) is 0.885. The van der Waals surface area contributed by atoms with Crippen LogP contribution in [0.4, 0.5) is 0 Å². The summed E-state index contributed by atoms with van der Waals surface area (Å²) in [5.41, 5.74) is 0.395. The van der Waals surface area contributed by atoms with Crippen LogP contribution in [-0.2, 0) is 4.79 Å². The fraction of sp³-hybridized carbons (Fsp3) is 0.929. The molecule has 0 aliphatic carbocycles. The summed E-state index contributed by atoms with van der Waals surface area (Å²) in [6.45, 7) is 14.7. The minimum atomic E-state index is 0.181. The van der Waals surface area contributed by atoms with E-state index in [1.807, 2.05) is 0 Å². The van der Waals surface area contributed by atoms with E-state index < -0.39 is 0 Å². The second-order valence-electron chi connectivity index (χ2n) is 7.60. The molecule has 18 heavy (non-hydrogen) atoms. The number of hydrogen-bond acceptors (Lipinski definition) is 2. The van der Waals surface area contributed by atoms with Crippen LogP contribution in [0.3, 0.4) is 0 Å². The Kier molecular flexibility index (Phi) is 5.39. The molecular weight excluding hydrogens is 260 g/mol. The number of ketones is 1. The lowest BCUT2D eigenvalue weighted by molar-refractivity contribution is -0.120. The molecule has 1 aliphatic heterocycles. The van der Waals surface area contributed by atoms with Crippen molar-refractivity contribution in [1.82, 2.24) is 4.67 Å². The summed E-state index contributed by atoms with van der Waals surface area (Å²) >= 11 is 0. The largest absolute Gasteiger partial charge is 0.300 e. The van der Waals surface area contributed by atoms with Crippen LogP contribution in [-0.4, -0.2) is 23.0 Å². The predicted molar refractivity (Wildman–Crippen MR) is 85.2 cm³/mol. The standard InChI is InChI=1S/C14H29NOP2/c1-13(2,3)11-9-10(16)7-8-15(18-17)12(11)14(4,5)6/h11-12,18H,7-9,17H2,1-6H3. The van der Waals surface area contributed by atoms with Crippen LogP contribution < -0.4 is 0 Å². The Hall–Kier alpha value is 0.490. The molecule has 2 nitrogen and oxygen atoms in total. The third-order valence-electron chi connectivity index (χ3n) is 3.96. The maximum atomic E-state index is 12.0. The van der Waals surface area contributed by atoms with E-state index in [9.17, 15) is 4.79 Å². The third-order valence-corrected chi connectivity index (χ3v) is 5.79. The van der Waals surface area contributed by atoms with E-state index in [2.05, 4.69) is 55.1 Å². The van der Waals surface area contributed by atoms with Crippen LogP contribution in [0.1, 0.15) is 54.4 Å². The zero-order chi connectivity index (χ0) is 14.1. The van der Waals surface area contributed by atoms with Crippen molar-refractivity contribution in [3.05, 3.63) is 0 Å². The van der Waals surface area contributed by atoms with Gasteiger partial charge in [0.25, 0.3) is 0 Å². The molecular formula is C14H29NOP2. The average molecular weight is 289 g/mol. The Bertz CT molecular complexity index is 304. The molecule has 106 valence electrons. The molecule has 1 fully saturated rings. The summed E-state index contributed by atoms with van der Waals surface area (Å²) in [5, 5.41) is 0. The average Bonchev–Trinajstić information content (AvgIpc) is 2.35. The third kappa shape index (κ3) is 3.99. The van der Waals surface area contributed by atoms with E-state index >= 15 is 0 Å². The fourth-order valence-electron chi connectivity index (χ4n) is 3.06. The lowest BCUT2D eigenvalue weighted by Gasteiger charge is -2.47. The van der Waals surface area contributed by atoms with Gasteiger partial charge in [-0.1, -0.05) is 50.5 Å². The van der Waals surface area contributed by atoms with Crippen molar-refractivity contribution in [2.24, 2.45) is 16.7 Å². The van der Waals surface area contributed by atoms with E-state index in [4.69, 9.17) is 0 Å². The summed E-state index contributed by atoms with van der Waals surface area (Å²) in [7, 11) is 3.57. The topological polar surface area (TPSA) is 20.3 Å². The van der Waals surface area contributed by atoms with E-state index in [1.54, 1.807) is 0 Å². The number of rotatable bonds is 1. The zero-order valence-corrected chi connectivity index (χ0v) is 14.9. The SMILES string of the molecule is CC(C)(C)C1CC(=O)CCN(PP)C1C(C)(C)C. The van der Waals surface area contributed by atoms with E-state index in [0.717, 1.165) is 19.4 Å². The van der Waals surface area contributed by atoms with Gasteiger partial charge in [-0.3, -0.25) is 9.46 Å². The van der Waals surface area contributed by atoms with E-state index in [1.165, 1.54) is 0 Å². The summed E-state index contributed by atoms with van der Waals surface area (Å²) in [6, 6.07) is 0.486. The predicted octanol–water partition coefficient (Wildman–Crippen LogP) is 4.11. The molecule has 0 N–H and O–H groups in total. The van der Waals surface area contributed by atoms with Crippen LogP contribution in [0.2, 0.25) is 0 Å². The molecule has 0 bridgehead atoms. The maximum Gasteiger partial charge on any atom is 0.134 e. The van der Waals surface area contributed by atoms with Gasteiger partial charge >= 0.3 is 0 Å². The van der Waals surface area contributed by atoms with E-state index in [-0.39, 0.29) is 10.8 Å². The first kappa shape index (κ1) is 16.5. The molecule has 0 spiro atoms. The van der Waals surface area contributed by atoms with Crippen LogP contribution in [0.25, 0.3) is 0 Å². The van der Waals surface area contributed by atoms with Crippen LogP contribution in [0.15, 0.2) is 0 Å². The highest BCUT2D eigenvalue weighted by Gasteiger charge is 2.44. The van der Waals surface area contributed by atoms with Crippen molar-refractivity contribution < 1.29 is 4.79 Å². The first-order chi connectivity index (χ1) is 8.07. The quantitative estimate of drug-likeness (QED) is 0.677. The Morgan fingerprint density at radius 2 is 1.72 bits per heavy atom. The first-order valence-electron chi connectivity index (χ1n) is 6.82. The second-order valence-corrected chi connectivity index (χ2v) is 9.21. The highest BCUT2D eigenvalue weighted by Crippen LogP contribution is 2.47. The second kappa shape index (κ2) is 5.86. The molecule has 0 aromatic carbocycles. The smallest absolute Gasteiger partial charge is 0.134 e. The van der Waals surface area contributed by atoms with Gasteiger partial charge < -0.3 is 0 Å². The van der Waals surface area contributed by atoms with Gasteiger partial charge in [0.05, 0.1) is 0 Å². The van der Waals surface area contributed by atoms with Crippen molar-refractivity contribution in [2.45, 2.75) is 60.4 Å². The van der Waals surface area contributed by atoms with Crippen molar-refractivity contribution in [3.63, 3.8) is 0 Å². The van der Waals surface area contributed by atoms with Gasteiger partial charge in [0, 0.05) is 25.4 Å². The van der Waals surface area contributed by atoms with Crippen molar-refractivity contribution in [2.75, 3.05) is 6.54 Å². The monoisotopic (exact) mass is 289 g/mol. The minimum Gasteiger partial charge on any atom is -0.300 e. The summed E-state index contributed by atoms with van der Waals surface area (Å²) in [6.07, 6.45) is 1.47. The highest BCUT2D eigenvalue weighted by molar-refractivity contribution is 8.01. The normalized spacial score (nSPS) is 28.9. The van der Waals surface area contributed by atoms with Gasteiger partial charge in [-0.15, -0.1) is 0 Å². The number of Topliss-reactive ketones (excluding diaryl/α,β-unsaturated/α-hetero) is 1. The zero-order valence-electron chi connectivity index (χ0n) is 12.7. The number of hydrogen-bond donors (Lipinski definition) is 0. The maximum absolute atomic E-state index is 12.0. The Morgan fingerprint density at radius 3 is 2.11 bits per heavy atom. The van der Waals surface area contributed by atoms with Crippen LogP contribution in [0.5, 0.6) is 0 Å². The number of carbonyl (C=O) groups is 1. The Labute approximate surface area is 117 Å². The van der Waals surface area contributed by atoms with Crippen LogP contribution >= 0.6 is 17.3 Å². The van der Waals surface area contributed by atoms with Crippen molar-refractivity contribution in [3.8, 4) is 0 Å². The number of nitrogens with zero attached hydrogens (tertiary/aromatic N) is 1. The lowest BCUT2D eigenvalue weighted by atomic mass is 9.67. The molecule has 0 amide bonds. The first-order valence-corrected chi connectivity index (χ1v) is 9.57. The molecule has 4 atom stereocenters. The van der Waals surface area contributed by atoms with Gasteiger partial charge in [-0.2, -0.15) is 0 Å². The van der Waals surface area contributed by atoms with E-state index in [0.29, 0.717) is 26.2 Å². The van der Waals surface area contributed by atoms with Crippen molar-refractivity contribution in [1.29, 1.82) is 0 Å². The Morgan fingerprint density at radius 1 is 1.17 bits per heavy atom. The Balaban J connectivity index is 3.16. The molecule has 4 heteroatoms. The molecule has 1 saturated heterocycles. The van der Waals surface area contributed by atoms with Gasteiger partial charge in [-0.05, 0) is 25.2 Å². The summed E-state index contributed by atoms with van der Waals surface area (Å²) < 4.78 is 2.52. The molecule has 1 aliphatic rings. The van der Waals surface area contributed by atoms with Gasteiger partial charge in [0.1, 0.15) is 5.78 Å². The lowest BCUT2D eigenvalue weighted by Crippen LogP contribution is -2.48. The van der Waals surface area contributed by atoms with Crippen molar-refractivity contribution >= 4 is 23.1 Å². The summed E-state index contributed by atoms with van der Waals surface area (Å²) in [4.78, 5) is 12.0. The van der Waals surface area contributed by atoms with Crippen LogP contribution in [0, 0.1) is 16.7 Å². The van der Waals surface area contributed by atoms with Gasteiger partial charge in [0.2, 0.25) is 0 Å². The molecule has 1 rings (SSSR count). The fourth-order valence-corrected chi connectivity index (χ4v) is 4.89. The molecule has 0 saturated carbocycles. The molecule has 4 unspecified atom stereocenters.